The number of ether oxygens (including phenoxy) is 2. The van der Waals surface area contributed by atoms with Gasteiger partial charge in [0.1, 0.15) is 11.5 Å². The van der Waals surface area contributed by atoms with Crippen LogP contribution in [0.2, 0.25) is 0 Å². The number of hydrogen-bond donors (Lipinski definition) is 2. The first kappa shape index (κ1) is 31.6. The first-order chi connectivity index (χ1) is 18.1. The summed E-state index contributed by atoms with van der Waals surface area (Å²) < 4.78 is 109. The minimum atomic E-state index is -5.21. The second-order valence-electron chi connectivity index (χ2n) is 8.59. The van der Waals surface area contributed by atoms with Crippen molar-refractivity contribution in [1.82, 2.24) is 0 Å². The summed E-state index contributed by atoms with van der Waals surface area (Å²) in [6.07, 6.45) is -14.2. The van der Waals surface area contributed by atoms with Gasteiger partial charge < -0.3 is 20.9 Å². The van der Waals surface area contributed by atoms with Crippen LogP contribution >= 0.6 is 0 Å². The molecule has 14 heteroatoms. The van der Waals surface area contributed by atoms with Crippen LogP contribution in [-0.4, -0.2) is 36.9 Å². The number of hydrogen-bond acceptors (Lipinski definition) is 4. The van der Waals surface area contributed by atoms with Gasteiger partial charge in [0, 0.05) is 11.1 Å². The largest absolute Gasteiger partial charge is 0.457 e. The van der Waals surface area contributed by atoms with Gasteiger partial charge in [-0.2, -0.15) is 35.1 Å². The van der Waals surface area contributed by atoms with Crippen LogP contribution in [0.15, 0.2) is 36.4 Å². The number of carbonyl (C=O) groups excluding carboxylic acids is 2. The molecule has 6 nitrogen and oxygen atoms in total. The van der Waals surface area contributed by atoms with Gasteiger partial charge in [-0.15, -0.1) is 0 Å². The van der Waals surface area contributed by atoms with Gasteiger partial charge in [-0.25, -0.2) is 0 Å². The van der Waals surface area contributed by atoms with E-state index in [1.165, 1.54) is 0 Å². The molecule has 0 aliphatic carbocycles. The van der Waals surface area contributed by atoms with Gasteiger partial charge in [0.2, 0.25) is 11.8 Å². The summed E-state index contributed by atoms with van der Waals surface area (Å²) in [6.45, 7) is 0. The Morgan fingerprint density at radius 1 is 0.641 bits per heavy atom. The molecule has 4 N–H and O–H groups in total. The minimum Gasteiger partial charge on any atom is -0.452 e. The van der Waals surface area contributed by atoms with Gasteiger partial charge in [0.25, 0.3) is 0 Å². The molecule has 2 rings (SSSR count). The maximum Gasteiger partial charge on any atom is 0.457 e. The van der Waals surface area contributed by atoms with Crippen molar-refractivity contribution >= 4 is 11.8 Å². The number of rotatable bonds is 14. The molecule has 2 atom stereocenters. The molecule has 0 bridgehead atoms. The smallest absolute Gasteiger partial charge is 0.452 e. The number of nitrogens with two attached hydrogens (primary N) is 2. The zero-order valence-electron chi connectivity index (χ0n) is 20.4. The molecule has 0 fully saturated rings. The van der Waals surface area contributed by atoms with Crippen LogP contribution in [0.3, 0.4) is 0 Å². The van der Waals surface area contributed by atoms with Crippen molar-refractivity contribution < 1.29 is 54.2 Å². The van der Waals surface area contributed by atoms with Gasteiger partial charge in [-0.1, -0.05) is 19.3 Å². The number of amides is 2. The van der Waals surface area contributed by atoms with E-state index in [4.69, 9.17) is 11.5 Å². The number of halogens is 8. The van der Waals surface area contributed by atoms with Gasteiger partial charge in [0.15, 0.2) is 0 Å². The van der Waals surface area contributed by atoms with Gasteiger partial charge in [-0.05, 0) is 73.2 Å². The molecule has 216 valence electrons. The van der Waals surface area contributed by atoms with Crippen LogP contribution < -0.4 is 20.9 Å². The molecule has 0 spiro atoms. The summed E-state index contributed by atoms with van der Waals surface area (Å²) >= 11 is 0. The van der Waals surface area contributed by atoms with E-state index in [-0.39, 0.29) is 24.0 Å². The number of benzene rings is 2. The normalized spacial score (nSPS) is 13.5. The molecule has 0 radical (unpaired) electrons. The van der Waals surface area contributed by atoms with Crippen molar-refractivity contribution in [3.05, 3.63) is 58.7 Å². The zero-order chi connectivity index (χ0) is 29.4. The molecule has 0 heterocycles. The lowest BCUT2D eigenvalue weighted by Crippen LogP contribution is -2.30. The number of primary amides is 2. The zero-order valence-corrected chi connectivity index (χ0v) is 20.4. The molecule has 0 saturated heterocycles. The molecule has 0 aliphatic heterocycles. The topological polar surface area (TPSA) is 105 Å². The predicted octanol–water partition coefficient (Wildman–Crippen LogP) is 6.09. The van der Waals surface area contributed by atoms with Crippen molar-refractivity contribution in [3.63, 3.8) is 0 Å². The number of aryl methyl sites for hydroxylation is 2. The quantitative estimate of drug-likeness (QED) is 0.212. The Morgan fingerprint density at radius 3 is 1.28 bits per heavy atom. The standard InChI is InChI=1S/C25H26F8N2O4/c26-22(24(28,29)30)38-16-8-10-18(20(34)36)14(12-16)6-4-2-1-3-5-7-15-13-17(9-11-19(15)21(35)37)39-23(27)25(31,32)33/h8-13,22-23H,1-7H2,(H2,34,36)(H2,35,37). The van der Waals surface area contributed by atoms with Crippen LogP contribution in [0, 0.1) is 0 Å². The molecule has 2 amide bonds. The average Bonchev–Trinajstić information content (AvgIpc) is 2.82. The van der Waals surface area contributed by atoms with Crippen LogP contribution in [0.25, 0.3) is 0 Å². The molecule has 2 aromatic rings. The van der Waals surface area contributed by atoms with Gasteiger partial charge >= 0.3 is 25.1 Å². The lowest BCUT2D eigenvalue weighted by Gasteiger charge is -2.16. The lowest BCUT2D eigenvalue weighted by molar-refractivity contribution is -0.236. The molecule has 0 aliphatic rings. The Labute approximate surface area is 218 Å². The molecule has 2 unspecified atom stereocenters. The van der Waals surface area contributed by atoms with Crippen LogP contribution in [0.5, 0.6) is 11.5 Å². The Morgan fingerprint density at radius 2 is 0.974 bits per heavy atom. The van der Waals surface area contributed by atoms with Crippen molar-refractivity contribution in [3.8, 4) is 11.5 Å². The Balaban J connectivity index is 1.90. The highest BCUT2D eigenvalue weighted by Gasteiger charge is 2.43. The second kappa shape index (κ2) is 13.5. The van der Waals surface area contributed by atoms with E-state index in [9.17, 15) is 44.7 Å². The third-order valence-corrected chi connectivity index (χ3v) is 5.57. The third-order valence-electron chi connectivity index (χ3n) is 5.57. The monoisotopic (exact) mass is 570 g/mol. The Kier molecular flexibility index (Phi) is 10.9. The Hall–Kier alpha value is -3.58. The highest BCUT2D eigenvalue weighted by atomic mass is 19.4. The molecule has 2 aromatic carbocycles. The highest BCUT2D eigenvalue weighted by Crippen LogP contribution is 2.29. The predicted molar refractivity (Wildman–Crippen MR) is 124 cm³/mol. The first-order valence-corrected chi connectivity index (χ1v) is 11.7. The number of alkyl halides is 8. The summed E-state index contributed by atoms with van der Waals surface area (Å²) in [5, 5.41) is 0. The highest BCUT2D eigenvalue weighted by molar-refractivity contribution is 5.95. The van der Waals surface area contributed by atoms with E-state index in [0.717, 1.165) is 36.4 Å². The maximum absolute atomic E-state index is 13.2. The fourth-order valence-corrected chi connectivity index (χ4v) is 3.72. The summed E-state index contributed by atoms with van der Waals surface area (Å²) in [6, 6.07) is 6.59. The van der Waals surface area contributed by atoms with Crippen molar-refractivity contribution in [1.29, 1.82) is 0 Å². The summed E-state index contributed by atoms with van der Waals surface area (Å²) in [7, 11) is 0. The third kappa shape index (κ3) is 9.91. The van der Waals surface area contributed by atoms with E-state index in [1.54, 1.807) is 0 Å². The SMILES string of the molecule is NC(=O)c1ccc(OC(F)C(F)(F)F)cc1CCCCCCCc1cc(OC(F)C(F)(F)F)ccc1C(N)=O. The van der Waals surface area contributed by atoms with Gasteiger partial charge in [-0.3, -0.25) is 9.59 Å². The van der Waals surface area contributed by atoms with Crippen molar-refractivity contribution in [2.75, 3.05) is 0 Å². The van der Waals surface area contributed by atoms with E-state index in [0.29, 0.717) is 43.2 Å². The summed E-state index contributed by atoms with van der Waals surface area (Å²) in [5.41, 5.74) is 11.3. The molecule has 0 saturated carbocycles. The minimum absolute atomic E-state index is 0.0619. The molecule has 39 heavy (non-hydrogen) atoms. The lowest BCUT2D eigenvalue weighted by atomic mass is 9.98. The maximum atomic E-state index is 13.2. The van der Waals surface area contributed by atoms with Crippen molar-refractivity contribution in [2.24, 2.45) is 11.5 Å². The first-order valence-electron chi connectivity index (χ1n) is 11.7. The second-order valence-corrected chi connectivity index (χ2v) is 8.59. The summed E-state index contributed by atoms with van der Waals surface area (Å²) in [4.78, 5) is 23.3. The fourth-order valence-electron chi connectivity index (χ4n) is 3.72. The van der Waals surface area contributed by atoms with Gasteiger partial charge in [0.05, 0.1) is 0 Å². The molecular formula is C25H26F8N2O4. The van der Waals surface area contributed by atoms with E-state index >= 15 is 0 Å². The van der Waals surface area contributed by atoms with Crippen molar-refractivity contribution in [2.45, 2.75) is 70.0 Å². The van der Waals surface area contributed by atoms with E-state index in [1.807, 2.05) is 0 Å². The fraction of sp³-hybridized carbons (Fsp3) is 0.440. The number of unbranched alkanes of at least 4 members (excludes halogenated alkanes) is 4. The van der Waals surface area contributed by atoms with E-state index < -0.39 is 48.4 Å². The molecular weight excluding hydrogens is 544 g/mol. The van der Waals surface area contributed by atoms with Crippen LogP contribution in [0.4, 0.5) is 35.1 Å². The molecule has 0 aromatic heterocycles. The van der Waals surface area contributed by atoms with E-state index in [2.05, 4.69) is 9.47 Å². The average molecular weight is 570 g/mol. The van der Waals surface area contributed by atoms with Crippen LogP contribution in [-0.2, 0) is 12.8 Å². The Bertz CT molecular complexity index is 1050. The summed E-state index contributed by atoms with van der Waals surface area (Å²) in [5.74, 6) is -2.44. The van der Waals surface area contributed by atoms with Crippen LogP contribution in [0.1, 0.15) is 63.9 Å². The number of carbonyl (C=O) groups is 2.